The van der Waals surface area contributed by atoms with Gasteiger partial charge in [-0.3, -0.25) is 9.97 Å². The summed E-state index contributed by atoms with van der Waals surface area (Å²) in [5, 5.41) is 0. The fraction of sp³-hybridized carbons (Fsp3) is 0.0345. The third kappa shape index (κ3) is 3.04. The lowest BCUT2D eigenvalue weighted by atomic mass is 9.89. The first-order chi connectivity index (χ1) is 15.4. The summed E-state index contributed by atoms with van der Waals surface area (Å²) >= 11 is 0. The van der Waals surface area contributed by atoms with Gasteiger partial charge in [0.05, 0.1) is 17.1 Å². The van der Waals surface area contributed by atoms with E-state index >= 15 is 0 Å². The van der Waals surface area contributed by atoms with Gasteiger partial charge in [0, 0.05) is 23.7 Å². The minimum atomic E-state index is 0.834. The van der Waals surface area contributed by atoms with Crippen LogP contribution in [0.25, 0.3) is 44.8 Å². The minimum absolute atomic E-state index is 0.834. The van der Waals surface area contributed by atoms with Crippen molar-refractivity contribution in [3.8, 4) is 44.8 Å². The number of benzene rings is 3. The molecule has 5 aromatic rings. The lowest BCUT2D eigenvalue weighted by Gasteiger charge is -2.16. The zero-order valence-electron chi connectivity index (χ0n) is 17.0. The van der Waals surface area contributed by atoms with Crippen molar-refractivity contribution < 1.29 is 0 Å². The van der Waals surface area contributed by atoms with Gasteiger partial charge in [-0.15, -0.1) is 0 Å². The van der Waals surface area contributed by atoms with Crippen LogP contribution in [0.4, 0.5) is 0 Å². The molecule has 2 heterocycles. The van der Waals surface area contributed by atoms with E-state index in [-0.39, 0.29) is 0 Å². The maximum Gasteiger partial charge on any atom is 0.0756 e. The molecule has 0 N–H and O–H groups in total. The molecule has 0 unspecified atom stereocenters. The summed E-state index contributed by atoms with van der Waals surface area (Å²) in [5.41, 5.74) is 11.5. The van der Waals surface area contributed by atoms with Crippen LogP contribution in [0.15, 0.2) is 109 Å². The molecule has 1 aliphatic carbocycles. The fourth-order valence-corrected chi connectivity index (χ4v) is 4.54. The normalized spacial score (nSPS) is 11.7. The zero-order valence-corrected chi connectivity index (χ0v) is 17.0. The summed E-state index contributed by atoms with van der Waals surface area (Å²) in [6, 6.07) is 36.2. The molecule has 0 amide bonds. The monoisotopic (exact) mass is 396 g/mol. The number of aromatic nitrogens is 2. The average molecular weight is 396 g/mol. The molecule has 0 fully saturated rings. The smallest absolute Gasteiger partial charge is 0.0756 e. The van der Waals surface area contributed by atoms with Gasteiger partial charge in [-0.05, 0) is 46.0 Å². The molecule has 0 saturated heterocycles. The highest BCUT2D eigenvalue weighted by Crippen LogP contribution is 2.41. The van der Waals surface area contributed by atoms with Crippen LogP contribution >= 0.6 is 0 Å². The Labute approximate surface area is 181 Å². The first kappa shape index (κ1) is 17.8. The molecule has 0 bridgehead atoms. The number of hydrogen-bond acceptors (Lipinski definition) is 2. The maximum absolute atomic E-state index is 5.17. The van der Waals surface area contributed by atoms with Crippen LogP contribution in [-0.4, -0.2) is 9.97 Å². The van der Waals surface area contributed by atoms with E-state index in [1.807, 2.05) is 12.3 Å². The van der Waals surface area contributed by atoms with Gasteiger partial charge in [0.2, 0.25) is 0 Å². The molecule has 0 atom stereocenters. The van der Waals surface area contributed by atoms with E-state index < -0.39 is 0 Å². The van der Waals surface area contributed by atoms with E-state index in [9.17, 15) is 0 Å². The lowest BCUT2D eigenvalue weighted by Crippen LogP contribution is -1.95. The molecule has 0 radical (unpaired) electrons. The summed E-state index contributed by atoms with van der Waals surface area (Å²) in [6.07, 6.45) is 2.70. The molecule has 2 nitrogen and oxygen atoms in total. The highest BCUT2D eigenvalue weighted by atomic mass is 14.8. The van der Waals surface area contributed by atoms with Crippen LogP contribution in [0, 0.1) is 0 Å². The van der Waals surface area contributed by atoms with Crippen molar-refractivity contribution in [2.45, 2.75) is 6.42 Å². The van der Waals surface area contributed by atoms with Gasteiger partial charge in [0.25, 0.3) is 0 Å². The Kier molecular flexibility index (Phi) is 4.21. The second-order valence-corrected chi connectivity index (χ2v) is 7.84. The van der Waals surface area contributed by atoms with Gasteiger partial charge in [-0.1, -0.05) is 84.9 Å². The highest BCUT2D eigenvalue weighted by Gasteiger charge is 2.23. The summed E-state index contributed by atoms with van der Waals surface area (Å²) in [5.74, 6) is 0. The predicted octanol–water partition coefficient (Wildman–Crippen LogP) is 7.05. The maximum atomic E-state index is 5.17. The minimum Gasteiger partial charge on any atom is -0.256 e. The van der Waals surface area contributed by atoms with Gasteiger partial charge in [0.1, 0.15) is 0 Å². The molecule has 0 saturated carbocycles. The molecule has 146 valence electrons. The molecular formula is C29H20N2. The molecule has 2 heteroatoms. The molecular weight excluding hydrogens is 376 g/mol. The fourth-order valence-electron chi connectivity index (χ4n) is 4.54. The second-order valence-electron chi connectivity index (χ2n) is 7.84. The van der Waals surface area contributed by atoms with Crippen LogP contribution in [0.3, 0.4) is 0 Å². The summed E-state index contributed by atoms with van der Waals surface area (Å²) < 4.78 is 0. The molecule has 2 aromatic heterocycles. The van der Waals surface area contributed by atoms with Crippen LogP contribution in [0.2, 0.25) is 0 Å². The second kappa shape index (κ2) is 7.33. The topological polar surface area (TPSA) is 25.8 Å². The number of rotatable bonds is 3. The van der Waals surface area contributed by atoms with Gasteiger partial charge < -0.3 is 0 Å². The van der Waals surface area contributed by atoms with Crippen molar-refractivity contribution in [2.24, 2.45) is 0 Å². The standard InChI is InChI=1S/C29H20N2/c1-3-9-20(10-4-1)23-14-7-15-24(21-11-5-2-6-12-21)28(23)26-17-16-25-27(31-26)19-22-13-8-18-30-29(22)25/h1-18H,19H2. The molecule has 31 heavy (non-hydrogen) atoms. The Morgan fingerprint density at radius 1 is 0.548 bits per heavy atom. The molecule has 3 aromatic carbocycles. The number of nitrogens with zero attached hydrogens (tertiary/aromatic N) is 2. The first-order valence-corrected chi connectivity index (χ1v) is 10.6. The SMILES string of the molecule is c1ccc(-c2cccc(-c3ccccc3)c2-c2ccc3c(n2)Cc2cccnc2-3)cc1. The van der Waals surface area contributed by atoms with Crippen molar-refractivity contribution in [1.29, 1.82) is 0 Å². The van der Waals surface area contributed by atoms with Crippen LogP contribution < -0.4 is 0 Å². The van der Waals surface area contributed by atoms with E-state index in [1.165, 1.54) is 33.4 Å². The molecule has 0 aliphatic heterocycles. The molecule has 6 rings (SSSR count). The van der Waals surface area contributed by atoms with Crippen molar-refractivity contribution in [3.05, 3.63) is 121 Å². The Bertz CT molecular complexity index is 1330. The highest BCUT2D eigenvalue weighted by molar-refractivity contribution is 5.93. The average Bonchev–Trinajstić information content (AvgIpc) is 3.22. The molecule has 0 spiro atoms. The van der Waals surface area contributed by atoms with Crippen molar-refractivity contribution in [3.63, 3.8) is 0 Å². The largest absolute Gasteiger partial charge is 0.256 e. The number of pyridine rings is 2. The number of hydrogen-bond donors (Lipinski definition) is 0. The van der Waals surface area contributed by atoms with Crippen LogP contribution in [0.1, 0.15) is 11.3 Å². The van der Waals surface area contributed by atoms with Crippen molar-refractivity contribution in [2.75, 3.05) is 0 Å². The predicted molar refractivity (Wildman–Crippen MR) is 127 cm³/mol. The lowest BCUT2D eigenvalue weighted by molar-refractivity contribution is 1.12. The summed E-state index contributed by atoms with van der Waals surface area (Å²) in [4.78, 5) is 9.76. The Morgan fingerprint density at radius 3 is 1.90 bits per heavy atom. The van der Waals surface area contributed by atoms with E-state index in [4.69, 9.17) is 4.98 Å². The van der Waals surface area contributed by atoms with Gasteiger partial charge in [-0.25, -0.2) is 0 Å². The summed E-state index contributed by atoms with van der Waals surface area (Å²) in [7, 11) is 0. The van der Waals surface area contributed by atoms with Crippen LogP contribution in [-0.2, 0) is 6.42 Å². The van der Waals surface area contributed by atoms with Gasteiger partial charge in [0.15, 0.2) is 0 Å². The Morgan fingerprint density at radius 2 is 1.23 bits per heavy atom. The van der Waals surface area contributed by atoms with E-state index in [0.717, 1.165) is 29.1 Å². The van der Waals surface area contributed by atoms with E-state index in [1.54, 1.807) is 0 Å². The Hall–Kier alpha value is -4.04. The zero-order chi connectivity index (χ0) is 20.6. The first-order valence-electron chi connectivity index (χ1n) is 10.6. The van der Waals surface area contributed by atoms with E-state index in [0.29, 0.717) is 0 Å². The van der Waals surface area contributed by atoms with Gasteiger partial charge >= 0.3 is 0 Å². The van der Waals surface area contributed by atoms with Crippen molar-refractivity contribution >= 4 is 0 Å². The molecule has 1 aliphatic rings. The van der Waals surface area contributed by atoms with Crippen LogP contribution in [0.5, 0.6) is 0 Å². The van der Waals surface area contributed by atoms with Gasteiger partial charge in [-0.2, -0.15) is 0 Å². The number of fused-ring (bicyclic) bond motifs is 3. The third-order valence-corrected chi connectivity index (χ3v) is 5.97. The van der Waals surface area contributed by atoms with E-state index in [2.05, 4.69) is 102 Å². The van der Waals surface area contributed by atoms with Crippen molar-refractivity contribution in [1.82, 2.24) is 9.97 Å². The summed E-state index contributed by atoms with van der Waals surface area (Å²) in [6.45, 7) is 0. The third-order valence-electron chi connectivity index (χ3n) is 5.97. The Balaban J connectivity index is 1.59. The quantitative estimate of drug-likeness (QED) is 0.320.